The zero-order valence-electron chi connectivity index (χ0n) is 53.5. The van der Waals surface area contributed by atoms with Gasteiger partial charge < -0.3 is 6.92 Å². The van der Waals surface area contributed by atoms with Gasteiger partial charge in [0.2, 0.25) is 0 Å². The molecule has 2 atom stereocenters. The number of hydrogen-bond donors (Lipinski definition) is 0. The van der Waals surface area contributed by atoms with E-state index in [2.05, 4.69) is 63.4 Å². The second-order valence-corrected chi connectivity index (χ2v) is 88.1. The summed E-state index contributed by atoms with van der Waals surface area (Å²) >= 11 is 19.0. The van der Waals surface area contributed by atoms with E-state index < -0.39 is 65.5 Å². The standard InChI is InChI=1S/C25H26F4Si.C25H24F4Si.C4H9.CH4.Li.S19.S18/c2*1-24(26,27)17-25(28,29)15-16-30(2,22-13-11-18-7-3-5-9-20(18)22)23-14-12-19-8-4-6-10-21(19)23;1-3-4-2;;;1-3-5-7-9-11-13-15-17-19-18-16-14-12-10-8-6-4-2;1-3-5-7-9-11-13-15-17-18-16-14-12-10-8-6-4-2/h3-14,22-23H,15-17H2,1-2H3;3-14H,15-17H2,1-2H3;1,3-4H2,2H3;1H4;;;/q;-2;-1;;+1;;. The molecule has 0 N–H and O–H groups in total. The topological polar surface area (TPSA) is 0 Å². The van der Waals surface area contributed by atoms with Crippen molar-refractivity contribution in [2.45, 2.75) is 127 Å². The maximum atomic E-state index is 14.5. The Morgan fingerprint density at radius 1 is 0.408 bits per heavy atom. The molecule has 0 nitrogen and oxygen atoms in total. The van der Waals surface area contributed by atoms with Crippen LogP contribution in [0.4, 0.5) is 35.1 Å². The van der Waals surface area contributed by atoms with Crippen molar-refractivity contribution in [3.63, 3.8) is 0 Å². The summed E-state index contributed by atoms with van der Waals surface area (Å²) in [5, 5.41) is 6.48. The Labute approximate surface area is 728 Å². The van der Waals surface area contributed by atoms with Crippen molar-refractivity contribution in [1.29, 1.82) is 0 Å². The van der Waals surface area contributed by atoms with Gasteiger partial charge in [0.05, 0.1) is 20.9 Å². The molecule has 103 heavy (non-hydrogen) atoms. The van der Waals surface area contributed by atoms with Gasteiger partial charge >= 0.3 is 18.9 Å². The number of fused-ring (bicyclic) bond motifs is 4. The van der Waals surface area contributed by atoms with Gasteiger partial charge in [-0.15, -0.1) is 68.3 Å². The van der Waals surface area contributed by atoms with Crippen LogP contribution in [0.15, 0.2) is 133 Å². The summed E-state index contributed by atoms with van der Waals surface area (Å²) in [7, 11) is 51.1. The molecule has 0 saturated carbocycles. The average Bonchev–Trinajstić information content (AvgIpc) is 1.63. The maximum absolute atomic E-state index is 14.5. The number of hydrogen-bond acceptors (Lipinski definition) is 4. The van der Waals surface area contributed by atoms with E-state index in [1.54, 1.807) is 258 Å². The minimum absolute atomic E-state index is 0. The first-order chi connectivity index (χ1) is 48.4. The van der Waals surface area contributed by atoms with Crippen LogP contribution in [0.25, 0.3) is 33.7 Å². The van der Waals surface area contributed by atoms with Crippen LogP contribution in [0.3, 0.4) is 0 Å². The number of alkyl halides is 8. The average molecular weight is 2130 g/mol. The van der Waals surface area contributed by atoms with Crippen molar-refractivity contribution < 1.29 is 54.0 Å². The van der Waals surface area contributed by atoms with Gasteiger partial charge in [0.25, 0.3) is 23.7 Å². The number of rotatable bonds is 15. The van der Waals surface area contributed by atoms with Crippen molar-refractivity contribution in [1.82, 2.24) is 0 Å². The van der Waals surface area contributed by atoms with Crippen LogP contribution in [0.5, 0.6) is 0 Å². The Morgan fingerprint density at radius 3 is 0.951 bits per heavy atom. The van der Waals surface area contributed by atoms with Gasteiger partial charge in [0.15, 0.2) is 0 Å². The monoisotopic (exact) mass is 2120 g/mol. The molecule has 2 aliphatic carbocycles. The predicted octanol–water partition coefficient (Wildman–Crippen LogP) is 13.7. The van der Waals surface area contributed by atoms with Gasteiger partial charge in [-0.25, -0.2) is 35.1 Å². The third-order valence-electron chi connectivity index (χ3n) is 13.9. The van der Waals surface area contributed by atoms with Crippen molar-refractivity contribution in [3.8, 4) is 0 Å². The summed E-state index contributed by atoms with van der Waals surface area (Å²) in [6.45, 7) is 11.1. The molecule has 0 aromatic heterocycles. The molecule has 0 heterocycles. The predicted molar refractivity (Wildman–Crippen MR) is 537 cm³/mol. The normalized spacial score (nSPS) is 13.3. The molecule has 6 aromatic rings. The largest absolute Gasteiger partial charge is 1.00 e. The van der Waals surface area contributed by atoms with Crippen LogP contribution < -0.4 is 29.2 Å². The van der Waals surface area contributed by atoms with Crippen molar-refractivity contribution >= 4 is 398 Å². The van der Waals surface area contributed by atoms with E-state index in [1.165, 1.54) is 53.1 Å². The maximum Gasteiger partial charge on any atom is 1.00 e. The fourth-order valence-electron chi connectivity index (χ4n) is 10.1. The molecule has 2 aliphatic rings. The number of benzene rings is 4. The molecule has 0 aliphatic heterocycles. The summed E-state index contributed by atoms with van der Waals surface area (Å²) in [6.07, 6.45) is 6.89. The molecule has 8 rings (SSSR count). The van der Waals surface area contributed by atoms with E-state index in [1.807, 2.05) is 109 Å². The molecule has 0 fully saturated rings. The Balaban J connectivity index is 0.000000468. The van der Waals surface area contributed by atoms with Gasteiger partial charge in [-0.1, -0.05) is 131 Å². The van der Waals surface area contributed by atoms with Gasteiger partial charge in [-0.2, -0.15) is 30.7 Å². The Morgan fingerprint density at radius 2 is 0.670 bits per heavy atom. The third-order valence-corrected chi connectivity index (χ3v) is 92.5. The van der Waals surface area contributed by atoms with Crippen LogP contribution in [0.2, 0.25) is 25.2 Å². The minimum Gasteiger partial charge on any atom is -0.343 e. The second-order valence-electron chi connectivity index (χ2n) is 20.7. The molecule has 0 radical (unpaired) electrons. The van der Waals surface area contributed by atoms with Crippen LogP contribution in [-0.2, 0) is 338 Å². The van der Waals surface area contributed by atoms with Crippen molar-refractivity contribution in [2.24, 2.45) is 0 Å². The first-order valence-electron chi connectivity index (χ1n) is 28.1. The van der Waals surface area contributed by atoms with Crippen molar-refractivity contribution in [2.75, 3.05) is 0 Å². The summed E-state index contributed by atoms with van der Waals surface area (Å²) in [5.74, 6) is -13.5. The molecular formula is C55H63F8LiS37Si2-2. The summed E-state index contributed by atoms with van der Waals surface area (Å²) < 4.78 is 111. The number of allylic oxidation sites excluding steroid dienone is 2. The molecule has 0 spiro atoms. The van der Waals surface area contributed by atoms with E-state index >= 15 is 0 Å². The van der Waals surface area contributed by atoms with Gasteiger partial charge in [-0.05, 0) is 47.2 Å². The number of unbranched alkanes of at least 4 members (excludes halogenated alkanes) is 1. The fraction of sp³-hybridized carbons (Fsp3) is 0.364. The SMILES string of the molecule is C.CC(F)(F)CC(F)(F)CC[Si](C)(C1C=Cc2ccccc21)C1C=Cc2ccccc21.CC(F)(F)CC(F)(F)CC[Si](C)([c-]1ccc2ccccc21)[c-]1ccc2ccccc21.S=S=S=S=S=S=S=S=S=S=S=S=S=S=S=S=S=S.S=S=S=S=S=S=S=S=S=S=S=S=S=S=S=S=S=S=S.[CH2-]CCC.[Li+]. The Kier molecular flexibility index (Phi) is 59.1. The first kappa shape index (κ1) is 103. The van der Waals surface area contributed by atoms with E-state index in [9.17, 15) is 35.1 Å². The molecule has 572 valence electrons. The van der Waals surface area contributed by atoms with Crippen LogP contribution in [0.1, 0.15) is 100 Å². The molecule has 48 heteroatoms. The molecule has 2 unspecified atom stereocenters. The third kappa shape index (κ3) is 41.7. The van der Waals surface area contributed by atoms with Crippen LogP contribution in [0, 0.1) is 6.92 Å². The molecule has 0 saturated heterocycles. The van der Waals surface area contributed by atoms with Gasteiger partial charge in [0, 0.05) is 359 Å². The first-order valence-corrected chi connectivity index (χ1v) is 80.3. The zero-order valence-corrected chi connectivity index (χ0v) is 85.7. The van der Waals surface area contributed by atoms with Gasteiger partial charge in [0.1, 0.15) is 0 Å². The molecule has 0 bridgehead atoms. The van der Waals surface area contributed by atoms with E-state index in [-0.39, 0.29) is 49.5 Å². The van der Waals surface area contributed by atoms with E-state index in [4.69, 9.17) is 44.8 Å². The summed E-state index contributed by atoms with van der Waals surface area (Å²) in [5.41, 5.74) is 4.76. The van der Waals surface area contributed by atoms with Gasteiger partial charge in [-0.3, -0.25) is 0 Å². The smallest absolute Gasteiger partial charge is 0.343 e. The Bertz CT molecular complexity index is 5220. The molecule has 6 aromatic carbocycles. The van der Waals surface area contributed by atoms with Crippen LogP contribution in [-0.4, -0.2) is 39.8 Å². The quantitative estimate of drug-likeness (QED) is 0.0571. The molecule has 0 amide bonds. The second kappa shape index (κ2) is 58.9. The van der Waals surface area contributed by atoms with E-state index in [0.29, 0.717) is 13.8 Å². The number of halogens is 8. The summed E-state index contributed by atoms with van der Waals surface area (Å²) in [4.78, 5) is 0. The van der Waals surface area contributed by atoms with E-state index in [0.717, 1.165) is 49.5 Å². The summed E-state index contributed by atoms with van der Waals surface area (Å²) in [6, 6.07) is 40.7. The molecular weight excluding hydrogens is 2060 g/mol. The minimum atomic E-state index is -3.41. The fourth-order valence-corrected chi connectivity index (χ4v) is 98.9. The van der Waals surface area contributed by atoms with Crippen LogP contribution >= 0.6 is 0 Å². The zero-order chi connectivity index (χ0) is 73.9. The Hall–Kier alpha value is 4.19. The van der Waals surface area contributed by atoms with Crippen molar-refractivity contribution in [3.05, 3.63) is 163 Å².